The fourth-order valence-electron chi connectivity index (χ4n) is 6.99. The van der Waals surface area contributed by atoms with Crippen LogP contribution < -0.4 is 4.74 Å². The third-order valence-electron chi connectivity index (χ3n) is 9.61. The summed E-state index contributed by atoms with van der Waals surface area (Å²) in [5.74, 6) is 1.50. The summed E-state index contributed by atoms with van der Waals surface area (Å²) in [5.41, 5.74) is 9.45. The normalized spacial score (nSPS) is 12.5. The fraction of sp³-hybridized carbons (Fsp3) is 0.182. The van der Waals surface area contributed by atoms with Gasteiger partial charge in [0.05, 0.1) is 31.0 Å². The minimum Gasteiger partial charge on any atom is -0.455 e. The molecule has 2 heterocycles. The average molecular weight is 771 g/mol. The lowest BCUT2D eigenvalue weighted by Crippen LogP contribution is -2.11. The summed E-state index contributed by atoms with van der Waals surface area (Å²) in [4.78, 5) is 0. The van der Waals surface area contributed by atoms with Crippen molar-refractivity contribution in [2.24, 2.45) is 0 Å². The molecule has 8 aromatic rings. The molecule has 8 rings (SSSR count). The number of halogens is 2. The second-order valence-corrected chi connectivity index (χ2v) is 16.7. The molecule has 0 bridgehead atoms. The number of hydrogen-bond donors (Lipinski definition) is 0. The number of nitrogens with zero attached hydrogens (tertiary/aromatic N) is 2. The van der Waals surface area contributed by atoms with Crippen LogP contribution in [0.2, 0.25) is 0 Å². The summed E-state index contributed by atoms with van der Waals surface area (Å²) < 4.78 is 13.4. The largest absolute Gasteiger partial charge is 0.455 e. The summed E-state index contributed by atoms with van der Waals surface area (Å²) in [7, 11) is 0. The van der Waals surface area contributed by atoms with Crippen LogP contribution in [0.5, 0.6) is 11.5 Å². The standard InChI is InChI=1S/C44H38Br2N2O/c1-43(2,3)27-13-11-15-29(21-27)47-37-19-9-7-17-31(37)33-23-35(45)41(25-39(33)47)49-42-26-40-34(24-36(42)46)32-18-8-10-20-38(32)48(40)30-16-12-14-28(22-30)44(4,5)6/h7-26H,1-6H3. The average Bonchev–Trinajstić information content (AvgIpc) is 3.56. The Kier molecular flexibility index (Phi) is 7.58. The van der Waals surface area contributed by atoms with Crippen molar-refractivity contribution >= 4 is 75.5 Å². The van der Waals surface area contributed by atoms with Crippen molar-refractivity contribution in [2.75, 3.05) is 0 Å². The summed E-state index contributed by atoms with van der Waals surface area (Å²) >= 11 is 7.78. The fourth-order valence-corrected chi connectivity index (χ4v) is 7.84. The third kappa shape index (κ3) is 5.48. The van der Waals surface area contributed by atoms with Gasteiger partial charge in [0.25, 0.3) is 0 Å². The molecule has 0 aliphatic carbocycles. The predicted molar refractivity (Wildman–Crippen MR) is 214 cm³/mol. The van der Waals surface area contributed by atoms with E-state index in [9.17, 15) is 0 Å². The molecular formula is C44H38Br2N2O. The molecule has 244 valence electrons. The van der Waals surface area contributed by atoms with Gasteiger partial charge in [-0.1, -0.05) is 102 Å². The van der Waals surface area contributed by atoms with Crippen molar-refractivity contribution in [2.45, 2.75) is 52.4 Å². The quantitative estimate of drug-likeness (QED) is 0.174. The lowest BCUT2D eigenvalue weighted by atomic mass is 9.87. The second-order valence-electron chi connectivity index (χ2n) is 15.0. The van der Waals surface area contributed by atoms with E-state index >= 15 is 0 Å². The maximum Gasteiger partial charge on any atom is 0.143 e. The highest BCUT2D eigenvalue weighted by molar-refractivity contribution is 9.11. The molecule has 0 aliphatic rings. The zero-order valence-corrected chi connectivity index (χ0v) is 31.8. The predicted octanol–water partition coefficient (Wildman–Crippen LogP) is 13.8. The minimum atomic E-state index is 0.0352. The van der Waals surface area contributed by atoms with Gasteiger partial charge in [-0.3, -0.25) is 0 Å². The topological polar surface area (TPSA) is 19.1 Å². The lowest BCUT2D eigenvalue weighted by Gasteiger charge is -2.20. The molecule has 0 unspecified atom stereocenters. The van der Waals surface area contributed by atoms with E-state index in [1.54, 1.807) is 0 Å². The number of benzene rings is 6. The number of hydrogen-bond acceptors (Lipinski definition) is 1. The van der Waals surface area contributed by atoms with Gasteiger partial charge in [0.1, 0.15) is 11.5 Å². The van der Waals surface area contributed by atoms with Crippen LogP contribution in [-0.4, -0.2) is 9.13 Å². The molecular weight excluding hydrogens is 732 g/mol. The van der Waals surface area contributed by atoms with E-state index in [-0.39, 0.29) is 10.8 Å². The van der Waals surface area contributed by atoms with Crippen molar-refractivity contribution < 1.29 is 4.74 Å². The van der Waals surface area contributed by atoms with Crippen LogP contribution in [0.4, 0.5) is 0 Å². The Morgan fingerprint density at radius 1 is 0.429 bits per heavy atom. The van der Waals surface area contributed by atoms with Crippen LogP contribution in [0, 0.1) is 0 Å². The van der Waals surface area contributed by atoms with Crippen LogP contribution in [0.25, 0.3) is 55.0 Å². The number of para-hydroxylation sites is 2. The van der Waals surface area contributed by atoms with Crippen LogP contribution in [0.1, 0.15) is 52.7 Å². The van der Waals surface area contributed by atoms with E-state index in [1.807, 2.05) is 0 Å². The number of rotatable bonds is 4. The molecule has 0 saturated heterocycles. The van der Waals surface area contributed by atoms with Crippen LogP contribution >= 0.6 is 31.9 Å². The molecule has 0 amide bonds. The highest BCUT2D eigenvalue weighted by Crippen LogP contribution is 2.44. The zero-order valence-electron chi connectivity index (χ0n) is 28.6. The smallest absolute Gasteiger partial charge is 0.143 e. The van der Waals surface area contributed by atoms with E-state index in [2.05, 4.69) is 204 Å². The first kappa shape index (κ1) is 31.9. The van der Waals surface area contributed by atoms with Gasteiger partial charge >= 0.3 is 0 Å². The Hall–Kier alpha value is -4.32. The van der Waals surface area contributed by atoms with Gasteiger partial charge in [-0.05, 0) is 102 Å². The van der Waals surface area contributed by atoms with E-state index in [0.29, 0.717) is 0 Å². The first-order valence-corrected chi connectivity index (χ1v) is 18.3. The summed E-state index contributed by atoms with van der Waals surface area (Å²) in [6.45, 7) is 13.6. The molecule has 0 spiro atoms. The molecule has 49 heavy (non-hydrogen) atoms. The van der Waals surface area contributed by atoms with Crippen molar-refractivity contribution in [3.63, 3.8) is 0 Å². The zero-order chi connectivity index (χ0) is 34.2. The lowest BCUT2D eigenvalue weighted by molar-refractivity contribution is 0.478. The Bertz CT molecular complexity index is 2400. The van der Waals surface area contributed by atoms with Crippen LogP contribution in [-0.2, 0) is 10.8 Å². The molecule has 0 saturated carbocycles. The van der Waals surface area contributed by atoms with Gasteiger partial charge < -0.3 is 13.9 Å². The van der Waals surface area contributed by atoms with Gasteiger partial charge in [0, 0.05) is 45.1 Å². The van der Waals surface area contributed by atoms with Gasteiger partial charge in [-0.25, -0.2) is 0 Å². The molecule has 0 radical (unpaired) electrons. The SMILES string of the molecule is CC(C)(C)c1cccc(-n2c3ccccc3c3cc(Br)c(Oc4cc5c(cc4Br)c4ccccc4n5-c4cccc(C(C)(C)C)c4)cc32)c1. The highest BCUT2D eigenvalue weighted by Gasteiger charge is 2.21. The minimum absolute atomic E-state index is 0.0352. The number of aromatic nitrogens is 2. The maximum absolute atomic E-state index is 6.87. The van der Waals surface area contributed by atoms with E-state index in [0.717, 1.165) is 53.9 Å². The van der Waals surface area contributed by atoms with Gasteiger partial charge in [0.15, 0.2) is 0 Å². The number of ether oxygens (including phenoxy) is 1. The van der Waals surface area contributed by atoms with Crippen molar-refractivity contribution in [3.05, 3.63) is 141 Å². The third-order valence-corrected chi connectivity index (χ3v) is 10.9. The van der Waals surface area contributed by atoms with Gasteiger partial charge in [0.2, 0.25) is 0 Å². The second kappa shape index (κ2) is 11.6. The first-order chi connectivity index (χ1) is 23.4. The first-order valence-electron chi connectivity index (χ1n) is 16.7. The van der Waals surface area contributed by atoms with E-state index in [4.69, 9.17) is 4.74 Å². The monoisotopic (exact) mass is 768 g/mol. The van der Waals surface area contributed by atoms with Gasteiger partial charge in [-0.2, -0.15) is 0 Å². The number of fused-ring (bicyclic) bond motifs is 6. The molecule has 0 N–H and O–H groups in total. The Morgan fingerprint density at radius 3 is 1.24 bits per heavy atom. The summed E-state index contributed by atoms with van der Waals surface area (Å²) in [5, 5.41) is 4.75. The Morgan fingerprint density at radius 2 is 0.837 bits per heavy atom. The highest BCUT2D eigenvalue weighted by atomic mass is 79.9. The Labute approximate surface area is 304 Å². The summed E-state index contributed by atoms with van der Waals surface area (Å²) in [6, 6.07) is 43.7. The van der Waals surface area contributed by atoms with Crippen LogP contribution in [0.3, 0.4) is 0 Å². The molecule has 0 fully saturated rings. The van der Waals surface area contributed by atoms with Crippen molar-refractivity contribution in [1.29, 1.82) is 0 Å². The molecule has 0 aliphatic heterocycles. The molecule has 6 aromatic carbocycles. The molecule has 3 nitrogen and oxygen atoms in total. The van der Waals surface area contributed by atoms with E-state index < -0.39 is 0 Å². The van der Waals surface area contributed by atoms with Gasteiger partial charge in [-0.15, -0.1) is 0 Å². The van der Waals surface area contributed by atoms with Crippen molar-refractivity contribution in [1.82, 2.24) is 9.13 Å². The van der Waals surface area contributed by atoms with Crippen LogP contribution in [0.15, 0.2) is 130 Å². The maximum atomic E-state index is 6.87. The van der Waals surface area contributed by atoms with E-state index in [1.165, 1.54) is 32.7 Å². The molecule has 0 atom stereocenters. The Balaban J connectivity index is 1.32. The summed E-state index contributed by atoms with van der Waals surface area (Å²) in [6.07, 6.45) is 0. The van der Waals surface area contributed by atoms with Crippen molar-refractivity contribution in [3.8, 4) is 22.9 Å². The molecule has 2 aromatic heterocycles. The molecule has 5 heteroatoms.